The highest BCUT2D eigenvalue weighted by Gasteiger charge is 2.17. The molecule has 0 aliphatic heterocycles. The fourth-order valence-corrected chi connectivity index (χ4v) is 2.50. The Labute approximate surface area is 133 Å². The van der Waals surface area contributed by atoms with Gasteiger partial charge in [-0.05, 0) is 26.0 Å². The second kappa shape index (κ2) is 5.95. The third-order valence-corrected chi connectivity index (χ3v) is 4.05. The molecule has 0 spiro atoms. The Morgan fingerprint density at radius 1 is 1.38 bits per heavy atom. The molecule has 2 rings (SSSR count). The van der Waals surface area contributed by atoms with Crippen molar-refractivity contribution in [3.63, 3.8) is 0 Å². The quantitative estimate of drug-likeness (QED) is 0.851. The summed E-state index contributed by atoms with van der Waals surface area (Å²) in [6.45, 7) is 3.84. The number of aromatic nitrogens is 2. The smallest absolute Gasteiger partial charge is 0.251 e. The molecule has 0 radical (unpaired) electrons. The van der Waals surface area contributed by atoms with Crippen LogP contribution in [0.4, 0.5) is 5.69 Å². The molecule has 0 saturated heterocycles. The van der Waals surface area contributed by atoms with E-state index in [0.717, 1.165) is 11.3 Å². The number of aryl methyl sites for hydroxylation is 1. The number of rotatable bonds is 3. The van der Waals surface area contributed by atoms with Crippen LogP contribution in [0.15, 0.2) is 18.3 Å². The second-order valence-electron chi connectivity index (χ2n) is 4.86. The number of nitrogens with one attached hydrogen (secondary N) is 1. The Morgan fingerprint density at radius 3 is 2.43 bits per heavy atom. The number of amides is 1. The summed E-state index contributed by atoms with van der Waals surface area (Å²) in [5.74, 6) is -0.269. The number of benzene rings is 1. The van der Waals surface area contributed by atoms with Gasteiger partial charge in [-0.15, -0.1) is 0 Å². The van der Waals surface area contributed by atoms with Gasteiger partial charge in [-0.3, -0.25) is 9.48 Å². The maximum atomic E-state index is 12.3. The molecule has 1 heterocycles. The molecule has 1 unspecified atom stereocenters. The van der Waals surface area contributed by atoms with Crippen molar-refractivity contribution in [2.45, 2.75) is 19.9 Å². The number of nitrogens with two attached hydrogens (primary N) is 1. The Balaban J connectivity index is 2.20. The summed E-state index contributed by atoms with van der Waals surface area (Å²) in [7, 11) is 1.85. The van der Waals surface area contributed by atoms with Crippen molar-refractivity contribution in [1.82, 2.24) is 15.1 Å². The molecule has 0 fully saturated rings. The molecule has 0 aliphatic rings. The summed E-state index contributed by atoms with van der Waals surface area (Å²) < 4.78 is 1.76. The molecule has 0 saturated carbocycles. The van der Waals surface area contributed by atoms with Crippen LogP contribution >= 0.6 is 23.2 Å². The number of carbonyl (C=O) groups is 1. The molecule has 112 valence electrons. The van der Waals surface area contributed by atoms with Crippen LogP contribution in [0.25, 0.3) is 0 Å². The van der Waals surface area contributed by atoms with E-state index < -0.39 is 0 Å². The zero-order valence-electron chi connectivity index (χ0n) is 11.9. The lowest BCUT2D eigenvalue weighted by atomic mass is 10.1. The van der Waals surface area contributed by atoms with Crippen molar-refractivity contribution in [2.75, 3.05) is 5.73 Å². The van der Waals surface area contributed by atoms with Gasteiger partial charge in [-0.2, -0.15) is 5.10 Å². The lowest BCUT2D eigenvalue weighted by molar-refractivity contribution is 0.0940. The van der Waals surface area contributed by atoms with Gasteiger partial charge in [0.2, 0.25) is 0 Å². The van der Waals surface area contributed by atoms with Gasteiger partial charge < -0.3 is 11.1 Å². The first-order chi connectivity index (χ1) is 9.81. The Bertz CT molecular complexity index is 673. The maximum Gasteiger partial charge on any atom is 0.251 e. The highest BCUT2D eigenvalue weighted by molar-refractivity contribution is 6.39. The number of nitrogen functional groups attached to an aromatic ring is 1. The van der Waals surface area contributed by atoms with E-state index in [2.05, 4.69) is 10.4 Å². The molecule has 5 nitrogen and oxygen atoms in total. The van der Waals surface area contributed by atoms with E-state index in [1.807, 2.05) is 20.9 Å². The first-order valence-corrected chi connectivity index (χ1v) is 7.10. The zero-order chi connectivity index (χ0) is 15.7. The van der Waals surface area contributed by atoms with Gasteiger partial charge in [0.15, 0.2) is 0 Å². The summed E-state index contributed by atoms with van der Waals surface area (Å²) in [5, 5.41) is 7.58. The van der Waals surface area contributed by atoms with Crippen molar-refractivity contribution >= 4 is 34.8 Å². The molecule has 7 heteroatoms. The molecule has 1 aromatic heterocycles. The summed E-state index contributed by atoms with van der Waals surface area (Å²) in [4.78, 5) is 12.3. The van der Waals surface area contributed by atoms with E-state index in [-0.39, 0.29) is 27.7 Å². The maximum absolute atomic E-state index is 12.3. The number of halogens is 2. The zero-order valence-corrected chi connectivity index (χ0v) is 13.5. The van der Waals surface area contributed by atoms with E-state index in [0.29, 0.717) is 5.56 Å². The Morgan fingerprint density at radius 2 is 1.95 bits per heavy atom. The molecule has 21 heavy (non-hydrogen) atoms. The average molecular weight is 327 g/mol. The van der Waals surface area contributed by atoms with Gasteiger partial charge in [0.1, 0.15) is 0 Å². The van der Waals surface area contributed by atoms with Crippen LogP contribution in [-0.2, 0) is 7.05 Å². The topological polar surface area (TPSA) is 72.9 Å². The summed E-state index contributed by atoms with van der Waals surface area (Å²) >= 11 is 11.9. The van der Waals surface area contributed by atoms with Crippen LogP contribution in [0.5, 0.6) is 0 Å². The van der Waals surface area contributed by atoms with Crippen LogP contribution < -0.4 is 11.1 Å². The van der Waals surface area contributed by atoms with Crippen molar-refractivity contribution in [1.29, 1.82) is 0 Å². The van der Waals surface area contributed by atoms with Crippen LogP contribution in [-0.4, -0.2) is 15.7 Å². The number of carbonyl (C=O) groups excluding carboxylic acids is 1. The first kappa shape index (κ1) is 15.7. The summed E-state index contributed by atoms with van der Waals surface area (Å²) in [6, 6.07) is 2.82. The normalized spacial score (nSPS) is 12.2. The highest BCUT2D eigenvalue weighted by atomic mass is 35.5. The lowest BCUT2D eigenvalue weighted by Gasteiger charge is -2.14. The Hall–Kier alpha value is -1.72. The van der Waals surface area contributed by atoms with Crippen molar-refractivity contribution in [3.8, 4) is 0 Å². The van der Waals surface area contributed by atoms with Crippen molar-refractivity contribution in [3.05, 3.63) is 45.2 Å². The molecular weight excluding hydrogens is 311 g/mol. The standard InChI is InChI=1S/C14H16Cl2N4O/c1-7(10-6-18-20(3)8(10)2)19-14(21)9-4-11(15)13(17)12(16)5-9/h4-7H,17H2,1-3H3,(H,19,21). The average Bonchev–Trinajstić information content (AvgIpc) is 2.75. The number of hydrogen-bond donors (Lipinski definition) is 2. The van der Waals surface area contributed by atoms with Gasteiger partial charge in [0.25, 0.3) is 5.91 Å². The third kappa shape index (κ3) is 3.14. The minimum atomic E-state index is -0.269. The van der Waals surface area contributed by atoms with E-state index >= 15 is 0 Å². The number of hydrogen-bond acceptors (Lipinski definition) is 3. The predicted molar refractivity (Wildman–Crippen MR) is 84.7 cm³/mol. The molecule has 1 atom stereocenters. The van der Waals surface area contributed by atoms with E-state index in [9.17, 15) is 4.79 Å². The molecule has 1 amide bonds. The molecule has 2 aromatic rings. The minimum absolute atomic E-state index is 0.179. The molecule has 3 N–H and O–H groups in total. The highest BCUT2D eigenvalue weighted by Crippen LogP contribution is 2.29. The number of nitrogens with zero attached hydrogens (tertiary/aromatic N) is 2. The Kier molecular flexibility index (Phi) is 4.44. The van der Waals surface area contributed by atoms with E-state index in [4.69, 9.17) is 28.9 Å². The van der Waals surface area contributed by atoms with Gasteiger partial charge in [-0.25, -0.2) is 0 Å². The third-order valence-electron chi connectivity index (χ3n) is 3.43. The SMILES string of the molecule is Cc1c(C(C)NC(=O)c2cc(Cl)c(N)c(Cl)c2)cnn1C. The molecular formula is C14H16Cl2N4O. The van der Waals surface area contributed by atoms with Crippen molar-refractivity contribution < 1.29 is 4.79 Å². The fourth-order valence-electron chi connectivity index (χ4n) is 2.01. The first-order valence-electron chi connectivity index (χ1n) is 6.35. The molecule has 1 aromatic carbocycles. The van der Waals surface area contributed by atoms with E-state index in [1.165, 1.54) is 12.1 Å². The van der Waals surface area contributed by atoms with Gasteiger partial charge in [0, 0.05) is 23.9 Å². The van der Waals surface area contributed by atoms with Gasteiger partial charge >= 0.3 is 0 Å². The van der Waals surface area contributed by atoms with E-state index in [1.54, 1.807) is 10.9 Å². The van der Waals surface area contributed by atoms with Crippen LogP contribution in [0.3, 0.4) is 0 Å². The predicted octanol–water partition coefficient (Wildman–Crippen LogP) is 3.11. The molecule has 0 aliphatic carbocycles. The molecule has 0 bridgehead atoms. The number of anilines is 1. The van der Waals surface area contributed by atoms with Crippen LogP contribution in [0.1, 0.15) is 34.6 Å². The van der Waals surface area contributed by atoms with Gasteiger partial charge in [0.05, 0.1) is 28.0 Å². The minimum Gasteiger partial charge on any atom is -0.396 e. The van der Waals surface area contributed by atoms with Gasteiger partial charge in [-0.1, -0.05) is 23.2 Å². The summed E-state index contributed by atoms with van der Waals surface area (Å²) in [5.41, 5.74) is 8.25. The van der Waals surface area contributed by atoms with Crippen LogP contribution in [0.2, 0.25) is 10.0 Å². The van der Waals surface area contributed by atoms with Crippen molar-refractivity contribution in [2.24, 2.45) is 7.05 Å². The van der Waals surface area contributed by atoms with Crippen LogP contribution in [0, 0.1) is 6.92 Å². The second-order valence-corrected chi connectivity index (χ2v) is 5.67. The largest absolute Gasteiger partial charge is 0.396 e. The summed E-state index contributed by atoms with van der Waals surface area (Å²) in [6.07, 6.45) is 1.74. The monoisotopic (exact) mass is 326 g/mol. The lowest BCUT2D eigenvalue weighted by Crippen LogP contribution is -2.27. The fraction of sp³-hybridized carbons (Fsp3) is 0.286.